The molecule has 9 nitrogen and oxygen atoms in total. The molecular formula is C28H39ClF3N5O4. The largest absolute Gasteiger partial charge is 0.444 e. The number of hydrogen-bond donors (Lipinski definition) is 1. The Morgan fingerprint density at radius 1 is 0.976 bits per heavy atom. The summed E-state index contributed by atoms with van der Waals surface area (Å²) in [5.74, 6) is -0.876. The van der Waals surface area contributed by atoms with Crippen molar-refractivity contribution < 1.29 is 32.3 Å². The van der Waals surface area contributed by atoms with E-state index in [1.807, 2.05) is 11.9 Å². The lowest BCUT2D eigenvalue weighted by molar-refractivity contribution is -0.148. The molecule has 1 aromatic carbocycles. The van der Waals surface area contributed by atoms with E-state index in [-0.39, 0.29) is 29.1 Å². The first-order valence-corrected chi connectivity index (χ1v) is 14.4. The molecule has 0 bridgehead atoms. The third-order valence-electron chi connectivity index (χ3n) is 7.81. The number of piperidine rings is 2. The number of carbonyl (C=O) groups excluding carboxylic acids is 3. The molecule has 3 heterocycles. The SMILES string of the molecule is CN1CCN(C(=O)[C@H]2CCN(C(=O)OC(C)(C)C)C[C@@H]2N2CCCC(Nc3cc(Cl)cc(C(F)(F)F)c3)C2=O)CC1. The fourth-order valence-corrected chi connectivity index (χ4v) is 5.92. The number of alkyl halides is 3. The molecular weight excluding hydrogens is 563 g/mol. The van der Waals surface area contributed by atoms with Crippen molar-refractivity contribution in [2.24, 2.45) is 5.92 Å². The predicted molar refractivity (Wildman–Crippen MR) is 149 cm³/mol. The van der Waals surface area contributed by atoms with Gasteiger partial charge in [-0.15, -0.1) is 0 Å². The summed E-state index contributed by atoms with van der Waals surface area (Å²) in [5, 5.41) is 2.85. The number of likely N-dealkylation sites (N-methyl/N-ethyl adjacent to an activating group) is 1. The van der Waals surface area contributed by atoms with Gasteiger partial charge in [-0.3, -0.25) is 9.59 Å². The van der Waals surface area contributed by atoms with E-state index < -0.39 is 41.4 Å². The molecule has 0 aromatic heterocycles. The molecule has 3 aliphatic rings. The summed E-state index contributed by atoms with van der Waals surface area (Å²) < 4.78 is 45.7. The van der Waals surface area contributed by atoms with Gasteiger partial charge in [0.2, 0.25) is 11.8 Å². The summed E-state index contributed by atoms with van der Waals surface area (Å²) in [6, 6.07) is 1.73. The van der Waals surface area contributed by atoms with Gasteiger partial charge in [-0.1, -0.05) is 11.6 Å². The van der Waals surface area contributed by atoms with E-state index in [9.17, 15) is 27.6 Å². The Hall–Kier alpha value is -2.73. The summed E-state index contributed by atoms with van der Waals surface area (Å²) >= 11 is 5.96. The van der Waals surface area contributed by atoms with E-state index in [2.05, 4.69) is 10.2 Å². The van der Waals surface area contributed by atoms with E-state index in [1.165, 1.54) is 6.07 Å². The van der Waals surface area contributed by atoms with E-state index in [1.54, 1.807) is 30.6 Å². The quantitative estimate of drug-likeness (QED) is 0.558. The van der Waals surface area contributed by atoms with Gasteiger partial charge >= 0.3 is 12.3 Å². The molecule has 3 saturated heterocycles. The second kappa shape index (κ2) is 12.2. The van der Waals surface area contributed by atoms with Crippen molar-refractivity contribution >= 4 is 35.2 Å². The van der Waals surface area contributed by atoms with Gasteiger partial charge in [-0.05, 0) is 65.3 Å². The van der Waals surface area contributed by atoms with Gasteiger partial charge in [0, 0.05) is 56.5 Å². The maximum Gasteiger partial charge on any atom is 0.416 e. The monoisotopic (exact) mass is 601 g/mol. The normalized spacial score (nSPS) is 24.8. The average Bonchev–Trinajstić information content (AvgIpc) is 2.88. The fraction of sp³-hybridized carbons (Fsp3) is 0.679. The number of rotatable bonds is 4. The first-order valence-electron chi connectivity index (χ1n) is 14.0. The molecule has 0 spiro atoms. The Balaban J connectivity index is 1.57. The molecule has 3 amide bonds. The minimum atomic E-state index is -4.59. The lowest BCUT2D eigenvalue weighted by atomic mass is 9.87. The molecule has 3 atom stereocenters. The van der Waals surface area contributed by atoms with Crippen molar-refractivity contribution in [3.8, 4) is 0 Å². The summed E-state index contributed by atoms with van der Waals surface area (Å²) in [4.78, 5) is 47.7. The Morgan fingerprint density at radius 3 is 2.29 bits per heavy atom. The zero-order valence-electron chi connectivity index (χ0n) is 24.0. The minimum Gasteiger partial charge on any atom is -0.444 e. The van der Waals surface area contributed by atoms with Gasteiger partial charge < -0.3 is 29.7 Å². The maximum absolute atomic E-state index is 13.8. The van der Waals surface area contributed by atoms with Crippen LogP contribution in [0.25, 0.3) is 0 Å². The van der Waals surface area contributed by atoms with Crippen molar-refractivity contribution in [3.63, 3.8) is 0 Å². The molecule has 4 rings (SSSR count). The van der Waals surface area contributed by atoms with E-state index in [0.29, 0.717) is 45.4 Å². The van der Waals surface area contributed by atoms with E-state index >= 15 is 0 Å². The van der Waals surface area contributed by atoms with Crippen LogP contribution >= 0.6 is 11.6 Å². The number of piperazine rings is 1. The molecule has 1 aromatic rings. The summed E-state index contributed by atoms with van der Waals surface area (Å²) in [5.41, 5.74) is -1.53. The topological polar surface area (TPSA) is 85.4 Å². The zero-order chi connectivity index (χ0) is 30.1. The molecule has 41 heavy (non-hydrogen) atoms. The molecule has 0 radical (unpaired) electrons. The highest BCUT2D eigenvalue weighted by Crippen LogP contribution is 2.35. The molecule has 228 valence electrons. The number of nitrogens with zero attached hydrogens (tertiary/aromatic N) is 4. The first kappa shape index (κ1) is 31.2. The van der Waals surface area contributed by atoms with Gasteiger partial charge in [0.05, 0.1) is 17.5 Å². The van der Waals surface area contributed by atoms with Crippen LogP contribution in [0, 0.1) is 5.92 Å². The Bertz CT molecular complexity index is 1140. The molecule has 1 unspecified atom stereocenters. The average molecular weight is 602 g/mol. The lowest BCUT2D eigenvalue weighted by Gasteiger charge is -2.47. The number of ether oxygens (including phenoxy) is 1. The second-order valence-corrected chi connectivity index (χ2v) is 12.6. The number of carbonyl (C=O) groups is 3. The Labute approximate surface area is 243 Å². The van der Waals surface area contributed by atoms with Crippen LogP contribution in [-0.4, -0.2) is 108 Å². The fourth-order valence-electron chi connectivity index (χ4n) is 5.69. The molecule has 1 N–H and O–H groups in total. The third-order valence-corrected chi connectivity index (χ3v) is 8.02. The van der Waals surface area contributed by atoms with Crippen molar-refractivity contribution in [1.82, 2.24) is 19.6 Å². The van der Waals surface area contributed by atoms with Crippen LogP contribution in [0.3, 0.4) is 0 Å². The number of hydrogen-bond acceptors (Lipinski definition) is 6. The van der Waals surface area contributed by atoms with Crippen LogP contribution in [0.2, 0.25) is 5.02 Å². The number of benzene rings is 1. The lowest BCUT2D eigenvalue weighted by Crippen LogP contribution is -2.63. The van der Waals surface area contributed by atoms with Crippen LogP contribution < -0.4 is 5.32 Å². The summed E-state index contributed by atoms with van der Waals surface area (Å²) in [6.07, 6.45) is -3.74. The van der Waals surface area contributed by atoms with Crippen molar-refractivity contribution in [1.29, 1.82) is 0 Å². The highest BCUT2D eigenvalue weighted by molar-refractivity contribution is 6.31. The first-order chi connectivity index (χ1) is 19.1. The number of nitrogens with one attached hydrogen (secondary N) is 1. The van der Waals surface area contributed by atoms with Gasteiger partial charge in [-0.2, -0.15) is 13.2 Å². The Morgan fingerprint density at radius 2 is 1.66 bits per heavy atom. The van der Waals surface area contributed by atoms with Crippen LogP contribution in [0.15, 0.2) is 18.2 Å². The summed E-state index contributed by atoms with van der Waals surface area (Å²) in [6.45, 7) is 8.83. The molecule has 0 aliphatic carbocycles. The van der Waals surface area contributed by atoms with Crippen LogP contribution in [0.4, 0.5) is 23.7 Å². The number of halogens is 4. The van der Waals surface area contributed by atoms with Gasteiger partial charge in [0.15, 0.2) is 0 Å². The van der Waals surface area contributed by atoms with Crippen molar-refractivity contribution in [3.05, 3.63) is 28.8 Å². The Kier molecular flexibility index (Phi) is 9.32. The van der Waals surface area contributed by atoms with Gasteiger partial charge in [-0.25, -0.2) is 4.79 Å². The van der Waals surface area contributed by atoms with Crippen molar-refractivity contribution in [2.75, 3.05) is 58.2 Å². The zero-order valence-corrected chi connectivity index (χ0v) is 24.7. The number of anilines is 1. The van der Waals surface area contributed by atoms with Gasteiger partial charge in [0.1, 0.15) is 11.6 Å². The van der Waals surface area contributed by atoms with Crippen molar-refractivity contribution in [2.45, 2.75) is 63.9 Å². The molecule has 3 fully saturated rings. The van der Waals surface area contributed by atoms with E-state index in [0.717, 1.165) is 25.2 Å². The third kappa shape index (κ3) is 7.77. The maximum atomic E-state index is 13.8. The van der Waals surface area contributed by atoms with Crippen LogP contribution in [-0.2, 0) is 20.5 Å². The van der Waals surface area contributed by atoms with Crippen LogP contribution in [0.5, 0.6) is 0 Å². The van der Waals surface area contributed by atoms with E-state index in [4.69, 9.17) is 16.3 Å². The smallest absolute Gasteiger partial charge is 0.416 e. The molecule has 0 saturated carbocycles. The molecule has 3 aliphatic heterocycles. The highest BCUT2D eigenvalue weighted by Gasteiger charge is 2.45. The number of amides is 3. The standard InChI is InChI=1S/C28H39ClF3N5O4/c1-27(2,3)41-26(40)36-9-7-21(24(38)35-12-10-34(4)11-13-35)23(17-36)37-8-5-6-22(25(37)39)33-20-15-18(28(30,31)32)14-19(29)16-20/h14-16,21-23,33H,5-13,17H2,1-4H3/t21-,22?,23-/m0/s1. The number of likely N-dealkylation sites (tertiary alicyclic amines) is 2. The summed E-state index contributed by atoms with van der Waals surface area (Å²) in [7, 11) is 2.00. The van der Waals surface area contributed by atoms with Gasteiger partial charge in [0.25, 0.3) is 0 Å². The highest BCUT2D eigenvalue weighted by atomic mass is 35.5. The second-order valence-electron chi connectivity index (χ2n) is 12.1. The molecule has 13 heteroatoms. The minimum absolute atomic E-state index is 0.0421. The predicted octanol–water partition coefficient (Wildman–Crippen LogP) is 4.16. The van der Waals surface area contributed by atoms with Crippen LogP contribution in [0.1, 0.15) is 45.6 Å².